The van der Waals surface area contributed by atoms with E-state index in [0.29, 0.717) is 17.9 Å². The van der Waals surface area contributed by atoms with Crippen LogP contribution >= 0.6 is 0 Å². The molecule has 100 valence electrons. The van der Waals surface area contributed by atoms with Gasteiger partial charge in [-0.3, -0.25) is 4.79 Å². The summed E-state index contributed by atoms with van der Waals surface area (Å²) in [6.45, 7) is 6.90. The standard InChI is InChI=1S/C13H21N3O2/c1-4-14-12-9-11(5-6-15-12)13(18)16(7-8-17)10(2)3/h5-6,9-10,17H,4,7-8H2,1-3H3,(H,14,15). The van der Waals surface area contributed by atoms with Gasteiger partial charge in [-0.05, 0) is 32.9 Å². The van der Waals surface area contributed by atoms with E-state index in [4.69, 9.17) is 5.11 Å². The first kappa shape index (κ1) is 14.4. The van der Waals surface area contributed by atoms with Crippen molar-refractivity contribution in [1.29, 1.82) is 0 Å². The van der Waals surface area contributed by atoms with Crippen LogP contribution in [-0.2, 0) is 0 Å². The van der Waals surface area contributed by atoms with Crippen molar-refractivity contribution in [2.24, 2.45) is 0 Å². The second-order valence-corrected chi connectivity index (χ2v) is 4.28. The van der Waals surface area contributed by atoms with Gasteiger partial charge in [-0.1, -0.05) is 0 Å². The van der Waals surface area contributed by atoms with Crippen LogP contribution in [0.25, 0.3) is 0 Å². The number of aliphatic hydroxyl groups is 1. The Morgan fingerprint density at radius 1 is 1.56 bits per heavy atom. The summed E-state index contributed by atoms with van der Waals surface area (Å²) in [5.74, 6) is 0.608. The number of rotatable bonds is 6. The number of nitrogens with zero attached hydrogens (tertiary/aromatic N) is 2. The molecule has 18 heavy (non-hydrogen) atoms. The highest BCUT2D eigenvalue weighted by Crippen LogP contribution is 2.11. The van der Waals surface area contributed by atoms with Crippen molar-refractivity contribution < 1.29 is 9.90 Å². The van der Waals surface area contributed by atoms with Crippen molar-refractivity contribution in [2.45, 2.75) is 26.8 Å². The second kappa shape index (κ2) is 6.96. The second-order valence-electron chi connectivity index (χ2n) is 4.28. The smallest absolute Gasteiger partial charge is 0.254 e. The maximum atomic E-state index is 12.3. The number of hydrogen-bond donors (Lipinski definition) is 2. The summed E-state index contributed by atoms with van der Waals surface area (Å²) in [5, 5.41) is 12.1. The average molecular weight is 251 g/mol. The fourth-order valence-corrected chi connectivity index (χ4v) is 1.71. The summed E-state index contributed by atoms with van der Waals surface area (Å²) in [7, 11) is 0. The summed E-state index contributed by atoms with van der Waals surface area (Å²) in [6.07, 6.45) is 1.61. The van der Waals surface area contributed by atoms with Crippen molar-refractivity contribution in [3.8, 4) is 0 Å². The Morgan fingerprint density at radius 2 is 2.28 bits per heavy atom. The summed E-state index contributed by atoms with van der Waals surface area (Å²) in [6, 6.07) is 3.48. The molecule has 1 amide bonds. The van der Waals surface area contributed by atoms with Crippen LogP contribution in [0.5, 0.6) is 0 Å². The van der Waals surface area contributed by atoms with E-state index in [1.165, 1.54) is 0 Å². The molecule has 0 aliphatic heterocycles. The van der Waals surface area contributed by atoms with Crippen LogP contribution in [0.3, 0.4) is 0 Å². The maximum absolute atomic E-state index is 12.3. The largest absolute Gasteiger partial charge is 0.395 e. The number of carbonyl (C=O) groups is 1. The van der Waals surface area contributed by atoms with E-state index in [1.54, 1.807) is 23.2 Å². The average Bonchev–Trinajstić information content (AvgIpc) is 2.35. The number of aromatic nitrogens is 1. The predicted molar refractivity (Wildman–Crippen MR) is 71.7 cm³/mol. The SMILES string of the molecule is CCNc1cc(C(=O)N(CCO)C(C)C)ccn1. The van der Waals surface area contributed by atoms with Crippen LogP contribution in [0, 0.1) is 0 Å². The molecular formula is C13H21N3O2. The lowest BCUT2D eigenvalue weighted by atomic mass is 10.2. The zero-order valence-corrected chi connectivity index (χ0v) is 11.2. The molecule has 1 rings (SSSR count). The number of pyridine rings is 1. The van der Waals surface area contributed by atoms with Gasteiger partial charge in [0.05, 0.1) is 6.61 Å². The van der Waals surface area contributed by atoms with Gasteiger partial charge in [-0.25, -0.2) is 4.98 Å². The maximum Gasteiger partial charge on any atom is 0.254 e. The molecule has 0 atom stereocenters. The van der Waals surface area contributed by atoms with Crippen LogP contribution in [0.1, 0.15) is 31.1 Å². The molecular weight excluding hydrogens is 230 g/mol. The Morgan fingerprint density at radius 3 is 2.83 bits per heavy atom. The third-order valence-electron chi connectivity index (χ3n) is 2.59. The van der Waals surface area contributed by atoms with Crippen molar-refractivity contribution in [3.63, 3.8) is 0 Å². The van der Waals surface area contributed by atoms with E-state index >= 15 is 0 Å². The summed E-state index contributed by atoms with van der Waals surface area (Å²) >= 11 is 0. The molecule has 0 aliphatic rings. The lowest BCUT2D eigenvalue weighted by molar-refractivity contribution is 0.0665. The molecule has 0 aromatic carbocycles. The van der Waals surface area contributed by atoms with Gasteiger partial charge in [0.1, 0.15) is 5.82 Å². The summed E-state index contributed by atoms with van der Waals surface area (Å²) in [4.78, 5) is 18.1. The minimum atomic E-state index is -0.0828. The number of anilines is 1. The quantitative estimate of drug-likeness (QED) is 0.801. The van der Waals surface area contributed by atoms with Gasteiger partial charge in [0.15, 0.2) is 0 Å². The molecule has 0 saturated carbocycles. The van der Waals surface area contributed by atoms with Crippen LogP contribution in [0.2, 0.25) is 0 Å². The first-order valence-corrected chi connectivity index (χ1v) is 6.21. The van der Waals surface area contributed by atoms with E-state index in [9.17, 15) is 4.79 Å². The predicted octanol–water partition coefficient (Wildman–Crippen LogP) is 1.36. The first-order chi connectivity index (χ1) is 8.60. The Bertz CT molecular complexity index is 394. The molecule has 5 nitrogen and oxygen atoms in total. The van der Waals surface area contributed by atoms with Crippen LogP contribution in [-0.4, -0.2) is 46.6 Å². The van der Waals surface area contributed by atoms with E-state index in [0.717, 1.165) is 6.54 Å². The highest BCUT2D eigenvalue weighted by atomic mass is 16.3. The molecule has 0 saturated heterocycles. The molecule has 5 heteroatoms. The van der Waals surface area contributed by atoms with Gasteiger partial charge in [-0.2, -0.15) is 0 Å². The normalized spacial score (nSPS) is 10.5. The first-order valence-electron chi connectivity index (χ1n) is 6.21. The number of hydrogen-bond acceptors (Lipinski definition) is 4. The molecule has 0 unspecified atom stereocenters. The summed E-state index contributed by atoms with van der Waals surface area (Å²) < 4.78 is 0. The molecule has 0 spiro atoms. The van der Waals surface area contributed by atoms with E-state index in [1.807, 2.05) is 20.8 Å². The minimum Gasteiger partial charge on any atom is -0.395 e. The monoisotopic (exact) mass is 251 g/mol. The molecule has 2 N–H and O–H groups in total. The van der Waals surface area contributed by atoms with Crippen molar-refractivity contribution in [2.75, 3.05) is 25.0 Å². The molecule has 0 bridgehead atoms. The Labute approximate surface area is 108 Å². The molecule has 1 aromatic rings. The Balaban J connectivity index is 2.90. The third kappa shape index (κ3) is 3.70. The molecule has 0 radical (unpaired) electrons. The van der Waals surface area contributed by atoms with Gasteiger partial charge < -0.3 is 15.3 Å². The van der Waals surface area contributed by atoms with E-state index < -0.39 is 0 Å². The lowest BCUT2D eigenvalue weighted by Crippen LogP contribution is -2.39. The molecule has 0 aliphatic carbocycles. The van der Waals surface area contributed by atoms with Crippen molar-refractivity contribution in [3.05, 3.63) is 23.9 Å². The lowest BCUT2D eigenvalue weighted by Gasteiger charge is -2.26. The Hall–Kier alpha value is -1.62. The van der Waals surface area contributed by atoms with Gasteiger partial charge in [0.25, 0.3) is 5.91 Å². The van der Waals surface area contributed by atoms with Gasteiger partial charge >= 0.3 is 0 Å². The van der Waals surface area contributed by atoms with E-state index in [2.05, 4.69) is 10.3 Å². The number of amides is 1. The zero-order chi connectivity index (χ0) is 13.5. The number of nitrogens with one attached hydrogen (secondary N) is 1. The Kier molecular flexibility index (Phi) is 5.58. The topological polar surface area (TPSA) is 65.5 Å². The molecule has 0 fully saturated rings. The highest BCUT2D eigenvalue weighted by Gasteiger charge is 2.18. The van der Waals surface area contributed by atoms with Crippen LogP contribution < -0.4 is 5.32 Å². The number of carbonyl (C=O) groups excluding carboxylic acids is 1. The van der Waals surface area contributed by atoms with Crippen molar-refractivity contribution >= 4 is 11.7 Å². The zero-order valence-electron chi connectivity index (χ0n) is 11.2. The fourth-order valence-electron chi connectivity index (χ4n) is 1.71. The van der Waals surface area contributed by atoms with E-state index in [-0.39, 0.29) is 18.6 Å². The molecule has 1 heterocycles. The molecule has 1 aromatic heterocycles. The highest BCUT2D eigenvalue weighted by molar-refractivity contribution is 5.95. The summed E-state index contributed by atoms with van der Waals surface area (Å²) in [5.41, 5.74) is 0.586. The number of aliphatic hydroxyl groups excluding tert-OH is 1. The van der Waals surface area contributed by atoms with Gasteiger partial charge in [0.2, 0.25) is 0 Å². The minimum absolute atomic E-state index is 0.0327. The third-order valence-corrected chi connectivity index (χ3v) is 2.59. The fraction of sp³-hybridized carbons (Fsp3) is 0.538. The van der Waals surface area contributed by atoms with Crippen molar-refractivity contribution in [1.82, 2.24) is 9.88 Å². The van der Waals surface area contributed by atoms with Gasteiger partial charge in [-0.15, -0.1) is 0 Å². The van der Waals surface area contributed by atoms with Gasteiger partial charge in [0, 0.05) is 30.9 Å². The van der Waals surface area contributed by atoms with Crippen LogP contribution in [0.15, 0.2) is 18.3 Å². The van der Waals surface area contributed by atoms with Crippen LogP contribution in [0.4, 0.5) is 5.82 Å².